The van der Waals surface area contributed by atoms with Crippen LogP contribution in [0, 0.1) is 11.8 Å². The van der Waals surface area contributed by atoms with E-state index in [4.69, 9.17) is 17.3 Å². The lowest BCUT2D eigenvalue weighted by molar-refractivity contribution is -0.147. The number of fused-ring (bicyclic) bond motifs is 3. The van der Waals surface area contributed by atoms with Crippen LogP contribution in [0.25, 0.3) is 5.76 Å². The average Bonchev–Trinajstić information content (AvgIpc) is 2.68. The highest BCUT2D eigenvalue weighted by molar-refractivity contribution is 6.32. The number of aromatic hydroxyl groups is 1. The van der Waals surface area contributed by atoms with Crippen molar-refractivity contribution >= 4 is 34.8 Å². The molecule has 1 aromatic carbocycles. The maximum atomic E-state index is 13.2. The van der Waals surface area contributed by atoms with Crippen molar-refractivity contribution < 1.29 is 34.8 Å². The average molecular weight is 451 g/mol. The molecule has 166 valence electrons. The minimum Gasteiger partial charge on any atom is -0.508 e. The summed E-state index contributed by atoms with van der Waals surface area (Å²) in [5.74, 6) is -6.53. The number of nitrogens with two attached hydrogens (primary N) is 1. The standard InChI is InChI=1S/C19H16ClNO7.C2H7N/c20-9-1-2-10(22)13-8(9)4-6-3-7-5-11(23)14(18(21)27)17(26)19(7,28)16(25)12(6)15(13)24;1-3-2/h1-2,6-7,22,24,26,28H,3-5H2,(H2,21,27);3H,1-2H3/t6?,7-,19-;/m0./s1. The van der Waals surface area contributed by atoms with Crippen molar-refractivity contribution in [2.75, 3.05) is 14.1 Å². The van der Waals surface area contributed by atoms with Crippen molar-refractivity contribution in [1.29, 1.82) is 0 Å². The van der Waals surface area contributed by atoms with Gasteiger partial charge in [-0.25, -0.2) is 0 Å². The lowest BCUT2D eigenvalue weighted by Crippen LogP contribution is -2.58. The summed E-state index contributed by atoms with van der Waals surface area (Å²) in [6.45, 7) is 0. The van der Waals surface area contributed by atoms with Crippen molar-refractivity contribution in [3.8, 4) is 5.75 Å². The van der Waals surface area contributed by atoms with Gasteiger partial charge in [0.25, 0.3) is 5.91 Å². The van der Waals surface area contributed by atoms with Gasteiger partial charge in [0.15, 0.2) is 11.4 Å². The molecule has 0 aliphatic heterocycles. The molecule has 1 amide bonds. The van der Waals surface area contributed by atoms with Gasteiger partial charge in [-0.2, -0.15) is 0 Å². The Morgan fingerprint density at radius 1 is 1.19 bits per heavy atom. The molecule has 0 heterocycles. The quantitative estimate of drug-likeness (QED) is 0.343. The van der Waals surface area contributed by atoms with E-state index in [0.29, 0.717) is 10.6 Å². The number of hydrogen-bond donors (Lipinski definition) is 6. The number of benzene rings is 1. The number of primary amides is 1. The third-order valence-electron chi connectivity index (χ3n) is 5.89. The van der Waals surface area contributed by atoms with Gasteiger partial charge in [-0.1, -0.05) is 11.6 Å². The molecule has 0 saturated heterocycles. The number of aliphatic hydroxyl groups excluding tert-OH is 2. The number of nitrogens with one attached hydrogen (secondary N) is 1. The molecule has 0 bridgehead atoms. The third-order valence-corrected chi connectivity index (χ3v) is 6.24. The van der Waals surface area contributed by atoms with E-state index in [1.54, 1.807) is 0 Å². The van der Waals surface area contributed by atoms with Crippen LogP contribution >= 0.6 is 11.6 Å². The highest BCUT2D eigenvalue weighted by Crippen LogP contribution is 2.52. The summed E-state index contributed by atoms with van der Waals surface area (Å²) in [5, 5.41) is 45.4. The molecule has 3 atom stereocenters. The van der Waals surface area contributed by atoms with Crippen LogP contribution in [-0.4, -0.2) is 57.6 Å². The SMILES string of the molecule is CNC.NC(=O)C1=C(O)[C@@]2(O)C(=O)C3=C(O)c4c(O)ccc(Cl)c4CC3C[C@H]2CC1=O. The summed E-state index contributed by atoms with van der Waals surface area (Å²) in [6, 6.07) is 2.73. The summed E-state index contributed by atoms with van der Waals surface area (Å²) in [4.78, 5) is 36.9. The molecular weight excluding hydrogens is 428 g/mol. The Hall–Kier alpha value is -2.88. The van der Waals surface area contributed by atoms with Crippen molar-refractivity contribution in [3.63, 3.8) is 0 Å². The number of halogens is 1. The van der Waals surface area contributed by atoms with Gasteiger partial charge in [-0.05, 0) is 50.6 Å². The van der Waals surface area contributed by atoms with Crippen molar-refractivity contribution in [3.05, 3.63) is 45.2 Å². The fourth-order valence-electron chi connectivity index (χ4n) is 4.58. The highest BCUT2D eigenvalue weighted by Gasteiger charge is 2.60. The van der Waals surface area contributed by atoms with E-state index in [1.807, 2.05) is 14.1 Å². The van der Waals surface area contributed by atoms with E-state index < -0.39 is 52.0 Å². The maximum Gasteiger partial charge on any atom is 0.255 e. The summed E-state index contributed by atoms with van der Waals surface area (Å²) in [7, 11) is 3.75. The largest absolute Gasteiger partial charge is 0.508 e. The van der Waals surface area contributed by atoms with Gasteiger partial charge in [0.1, 0.15) is 22.8 Å². The van der Waals surface area contributed by atoms with Gasteiger partial charge < -0.3 is 31.5 Å². The van der Waals surface area contributed by atoms with E-state index >= 15 is 0 Å². The first-order chi connectivity index (χ1) is 14.5. The Labute approximate surface area is 182 Å². The number of aliphatic hydroxyl groups is 3. The fraction of sp³-hybridized carbons (Fsp3) is 0.381. The number of carbonyl (C=O) groups excluding carboxylic acids is 3. The number of phenolic OH excluding ortho intramolecular Hbond substituents is 1. The Bertz CT molecular complexity index is 1060. The molecule has 9 nitrogen and oxygen atoms in total. The maximum absolute atomic E-state index is 13.2. The second-order valence-electron chi connectivity index (χ2n) is 7.83. The van der Waals surface area contributed by atoms with Gasteiger partial charge in [0.2, 0.25) is 5.78 Å². The molecule has 3 aliphatic carbocycles. The van der Waals surface area contributed by atoms with E-state index in [-0.39, 0.29) is 36.1 Å². The highest BCUT2D eigenvalue weighted by atomic mass is 35.5. The van der Waals surface area contributed by atoms with E-state index in [9.17, 15) is 34.8 Å². The van der Waals surface area contributed by atoms with Gasteiger partial charge in [-0.15, -0.1) is 0 Å². The van der Waals surface area contributed by atoms with Crippen LogP contribution in [0.2, 0.25) is 5.02 Å². The molecule has 1 fully saturated rings. The zero-order valence-electron chi connectivity index (χ0n) is 16.9. The van der Waals surface area contributed by atoms with Crippen LogP contribution in [-0.2, 0) is 20.8 Å². The van der Waals surface area contributed by atoms with Crippen LogP contribution in [0.5, 0.6) is 5.75 Å². The topological polar surface area (TPSA) is 170 Å². The van der Waals surface area contributed by atoms with Crippen LogP contribution in [0.1, 0.15) is 24.0 Å². The first kappa shape index (κ1) is 22.8. The minimum atomic E-state index is -2.55. The molecule has 10 heteroatoms. The summed E-state index contributed by atoms with van der Waals surface area (Å²) in [5.41, 5.74) is 2.01. The molecular formula is C21H23ClN2O7. The lowest BCUT2D eigenvalue weighted by atomic mass is 9.59. The first-order valence-corrected chi connectivity index (χ1v) is 9.94. The number of ketones is 2. The number of carbonyl (C=O) groups is 3. The van der Waals surface area contributed by atoms with Crippen LogP contribution in [0.3, 0.4) is 0 Å². The second kappa shape index (κ2) is 7.99. The Kier molecular flexibility index (Phi) is 5.88. The number of phenols is 1. The van der Waals surface area contributed by atoms with Gasteiger partial charge >= 0.3 is 0 Å². The monoisotopic (exact) mass is 450 g/mol. The van der Waals surface area contributed by atoms with E-state index in [2.05, 4.69) is 5.32 Å². The molecule has 7 N–H and O–H groups in total. The molecule has 0 radical (unpaired) electrons. The first-order valence-electron chi connectivity index (χ1n) is 9.56. The minimum absolute atomic E-state index is 0.0142. The Balaban J connectivity index is 0.000000858. The molecule has 1 saturated carbocycles. The second-order valence-corrected chi connectivity index (χ2v) is 8.23. The van der Waals surface area contributed by atoms with Gasteiger partial charge in [-0.3, -0.25) is 14.4 Å². The number of amides is 1. The van der Waals surface area contributed by atoms with Crippen LogP contribution in [0.15, 0.2) is 29.0 Å². The van der Waals surface area contributed by atoms with Crippen molar-refractivity contribution in [2.45, 2.75) is 24.9 Å². The van der Waals surface area contributed by atoms with Crippen LogP contribution < -0.4 is 11.1 Å². The summed E-state index contributed by atoms with van der Waals surface area (Å²) >= 11 is 6.18. The molecule has 0 aromatic heterocycles. The molecule has 31 heavy (non-hydrogen) atoms. The Morgan fingerprint density at radius 2 is 1.81 bits per heavy atom. The molecule has 1 unspecified atom stereocenters. The van der Waals surface area contributed by atoms with Crippen LogP contribution in [0.4, 0.5) is 0 Å². The van der Waals surface area contributed by atoms with E-state index in [0.717, 1.165) is 0 Å². The zero-order chi connectivity index (χ0) is 23.2. The molecule has 4 rings (SSSR count). The predicted octanol–water partition coefficient (Wildman–Crippen LogP) is 0.913. The molecule has 0 spiro atoms. The molecule has 3 aliphatic rings. The van der Waals surface area contributed by atoms with Gasteiger partial charge in [0, 0.05) is 22.9 Å². The number of hydrogen-bond acceptors (Lipinski definition) is 8. The number of Topliss-reactive ketones (excluding diaryl/α,β-unsaturated/α-hetero) is 2. The van der Waals surface area contributed by atoms with Gasteiger partial charge in [0.05, 0.1) is 5.56 Å². The van der Waals surface area contributed by atoms with E-state index in [1.165, 1.54) is 12.1 Å². The molecule has 1 aromatic rings. The summed E-state index contributed by atoms with van der Waals surface area (Å²) < 4.78 is 0. The smallest absolute Gasteiger partial charge is 0.255 e. The third kappa shape index (κ3) is 3.29. The van der Waals surface area contributed by atoms with Crippen molar-refractivity contribution in [2.24, 2.45) is 17.6 Å². The fourth-order valence-corrected chi connectivity index (χ4v) is 4.82. The number of rotatable bonds is 1. The Morgan fingerprint density at radius 3 is 2.39 bits per heavy atom. The van der Waals surface area contributed by atoms with Crippen molar-refractivity contribution in [1.82, 2.24) is 5.32 Å². The predicted molar refractivity (Wildman–Crippen MR) is 111 cm³/mol. The summed E-state index contributed by atoms with van der Waals surface area (Å²) in [6.07, 6.45) is -0.0771. The zero-order valence-corrected chi connectivity index (χ0v) is 17.7. The normalized spacial score (nSPS) is 27.1. The lowest BCUT2D eigenvalue weighted by Gasteiger charge is -2.46.